The van der Waals surface area contributed by atoms with Crippen molar-refractivity contribution >= 4 is 11.8 Å². The molecule has 4 heterocycles. The molecule has 4 atom stereocenters. The van der Waals surface area contributed by atoms with Crippen molar-refractivity contribution in [1.29, 1.82) is 0 Å². The molecule has 3 aliphatic rings. The fraction of sp³-hybridized carbons (Fsp3) is 0.556. The van der Waals surface area contributed by atoms with Gasteiger partial charge in [0.1, 0.15) is 6.26 Å². The number of amides is 2. The molecular weight excluding hydrogens is 414 g/mol. The van der Waals surface area contributed by atoms with Gasteiger partial charge in [-0.3, -0.25) is 14.5 Å². The van der Waals surface area contributed by atoms with Gasteiger partial charge in [0.05, 0.1) is 11.8 Å². The number of piperidine rings is 3. The number of carbonyl (C=O) groups is 2. The van der Waals surface area contributed by atoms with Crippen molar-refractivity contribution in [3.8, 4) is 0 Å². The Bertz CT molecular complexity index is 927. The zero-order chi connectivity index (χ0) is 22.6. The van der Waals surface area contributed by atoms with Crippen molar-refractivity contribution in [2.75, 3.05) is 19.6 Å². The fourth-order valence-electron chi connectivity index (χ4n) is 6.51. The van der Waals surface area contributed by atoms with Crippen molar-refractivity contribution in [1.82, 2.24) is 15.1 Å². The molecule has 0 radical (unpaired) electrons. The number of benzene rings is 1. The SMILES string of the molecule is O=C(CCC[C@@H]1[C@H]2CCCN3CCC[C@@H](CN1C(=O)c1ccoc1)[C@@H]23)NCc1ccccc1. The number of carbonyl (C=O) groups excluding carboxylic acids is 2. The minimum Gasteiger partial charge on any atom is -0.472 e. The standard InChI is InChI=1S/C27H35N3O3/c31-25(28-17-20-7-2-1-3-8-20)12-4-11-24-23-10-6-15-29-14-5-9-21(26(23)29)18-30(24)27(32)22-13-16-33-19-22/h1-3,7-8,13,16,19,21,23-24,26H,4-6,9-12,14-15,17-18H2,(H,28,31)/t21-,23+,24+,26-/m0/s1. The number of rotatable bonds is 7. The molecule has 0 bridgehead atoms. The highest BCUT2D eigenvalue weighted by Crippen LogP contribution is 2.43. The quantitative estimate of drug-likeness (QED) is 0.692. The first-order chi connectivity index (χ1) is 16.2. The van der Waals surface area contributed by atoms with Crippen LogP contribution in [0.25, 0.3) is 0 Å². The number of furan rings is 1. The highest BCUT2D eigenvalue weighted by Gasteiger charge is 2.49. The van der Waals surface area contributed by atoms with E-state index in [0.717, 1.165) is 24.9 Å². The zero-order valence-corrected chi connectivity index (χ0v) is 19.3. The van der Waals surface area contributed by atoms with Gasteiger partial charge in [-0.1, -0.05) is 30.3 Å². The van der Waals surface area contributed by atoms with E-state index in [1.807, 2.05) is 30.3 Å². The molecule has 0 unspecified atom stereocenters. The van der Waals surface area contributed by atoms with E-state index in [4.69, 9.17) is 4.42 Å². The van der Waals surface area contributed by atoms with Crippen LogP contribution < -0.4 is 5.32 Å². The first-order valence-electron chi connectivity index (χ1n) is 12.6. The third-order valence-corrected chi connectivity index (χ3v) is 7.94. The van der Waals surface area contributed by atoms with Crippen molar-refractivity contribution in [2.24, 2.45) is 11.8 Å². The van der Waals surface area contributed by atoms with Gasteiger partial charge in [0.25, 0.3) is 5.91 Å². The molecule has 2 amide bonds. The van der Waals surface area contributed by atoms with E-state index in [1.165, 1.54) is 38.8 Å². The molecule has 1 N–H and O–H groups in total. The number of hydrogen-bond acceptors (Lipinski definition) is 4. The molecule has 0 aliphatic carbocycles. The van der Waals surface area contributed by atoms with Crippen LogP contribution in [0.15, 0.2) is 53.3 Å². The predicted octanol–water partition coefficient (Wildman–Crippen LogP) is 4.08. The lowest BCUT2D eigenvalue weighted by molar-refractivity contribution is -0.121. The summed E-state index contributed by atoms with van der Waals surface area (Å²) in [5.41, 5.74) is 1.75. The predicted molar refractivity (Wildman–Crippen MR) is 126 cm³/mol. The Morgan fingerprint density at radius 1 is 1.06 bits per heavy atom. The van der Waals surface area contributed by atoms with Gasteiger partial charge >= 0.3 is 0 Å². The Kier molecular flexibility index (Phi) is 6.81. The second-order valence-electron chi connectivity index (χ2n) is 9.93. The van der Waals surface area contributed by atoms with E-state index in [-0.39, 0.29) is 17.9 Å². The Morgan fingerprint density at radius 2 is 1.88 bits per heavy atom. The molecule has 0 saturated carbocycles. The first-order valence-corrected chi connectivity index (χ1v) is 12.6. The summed E-state index contributed by atoms with van der Waals surface area (Å²) < 4.78 is 5.22. The van der Waals surface area contributed by atoms with Crippen molar-refractivity contribution < 1.29 is 14.0 Å². The molecule has 5 rings (SSSR count). The van der Waals surface area contributed by atoms with Gasteiger partial charge in [0.15, 0.2) is 0 Å². The van der Waals surface area contributed by atoms with Gasteiger partial charge in [-0.15, -0.1) is 0 Å². The maximum Gasteiger partial charge on any atom is 0.257 e. The normalized spacial score (nSPS) is 27.1. The van der Waals surface area contributed by atoms with Gasteiger partial charge < -0.3 is 14.6 Å². The van der Waals surface area contributed by atoms with E-state index in [0.29, 0.717) is 36.4 Å². The minimum absolute atomic E-state index is 0.0863. The summed E-state index contributed by atoms with van der Waals surface area (Å²) in [6.07, 6.45) is 10.1. The van der Waals surface area contributed by atoms with Crippen LogP contribution >= 0.6 is 0 Å². The Hall–Kier alpha value is -2.60. The molecule has 6 nitrogen and oxygen atoms in total. The van der Waals surface area contributed by atoms with Gasteiger partial charge in [0.2, 0.25) is 5.91 Å². The fourth-order valence-corrected chi connectivity index (χ4v) is 6.51. The van der Waals surface area contributed by atoms with Crippen LogP contribution in [0.1, 0.15) is 60.9 Å². The van der Waals surface area contributed by atoms with Crippen molar-refractivity contribution in [3.05, 3.63) is 60.1 Å². The lowest BCUT2D eigenvalue weighted by Crippen LogP contribution is -2.65. The number of nitrogens with one attached hydrogen (secondary N) is 1. The lowest BCUT2D eigenvalue weighted by Gasteiger charge is -2.57. The monoisotopic (exact) mass is 449 g/mol. The summed E-state index contributed by atoms with van der Waals surface area (Å²) in [4.78, 5) is 30.8. The topological polar surface area (TPSA) is 65.8 Å². The maximum absolute atomic E-state index is 13.4. The second kappa shape index (κ2) is 10.1. The summed E-state index contributed by atoms with van der Waals surface area (Å²) in [6, 6.07) is 12.6. The third-order valence-electron chi connectivity index (χ3n) is 7.94. The molecule has 33 heavy (non-hydrogen) atoms. The van der Waals surface area contributed by atoms with Gasteiger partial charge in [-0.05, 0) is 75.1 Å². The highest BCUT2D eigenvalue weighted by molar-refractivity contribution is 5.94. The molecule has 6 heteroatoms. The van der Waals surface area contributed by atoms with E-state index in [1.54, 1.807) is 18.6 Å². The number of likely N-dealkylation sites (tertiary alicyclic amines) is 1. The van der Waals surface area contributed by atoms with E-state index >= 15 is 0 Å². The molecule has 1 aromatic heterocycles. The van der Waals surface area contributed by atoms with E-state index in [9.17, 15) is 9.59 Å². The Balaban J connectivity index is 1.25. The molecule has 0 spiro atoms. The van der Waals surface area contributed by atoms with Crippen molar-refractivity contribution in [2.45, 2.75) is 63.6 Å². The van der Waals surface area contributed by atoms with Crippen LogP contribution in [0.2, 0.25) is 0 Å². The number of hydrogen-bond donors (Lipinski definition) is 1. The van der Waals surface area contributed by atoms with Gasteiger partial charge in [-0.2, -0.15) is 0 Å². The maximum atomic E-state index is 13.4. The molecular formula is C27H35N3O3. The van der Waals surface area contributed by atoms with Crippen LogP contribution in [-0.2, 0) is 11.3 Å². The smallest absolute Gasteiger partial charge is 0.257 e. The van der Waals surface area contributed by atoms with Crippen molar-refractivity contribution in [3.63, 3.8) is 0 Å². The van der Waals surface area contributed by atoms with Gasteiger partial charge in [-0.25, -0.2) is 0 Å². The minimum atomic E-state index is 0.0863. The average Bonchev–Trinajstić information content (AvgIpc) is 3.39. The number of nitrogens with zero attached hydrogens (tertiary/aromatic N) is 2. The Labute approximate surface area is 196 Å². The summed E-state index contributed by atoms with van der Waals surface area (Å²) >= 11 is 0. The van der Waals surface area contributed by atoms with Crippen LogP contribution in [-0.4, -0.2) is 53.3 Å². The lowest BCUT2D eigenvalue weighted by atomic mass is 9.69. The Morgan fingerprint density at radius 3 is 2.67 bits per heavy atom. The third kappa shape index (κ3) is 4.86. The van der Waals surface area contributed by atoms with Crippen LogP contribution in [0, 0.1) is 11.8 Å². The average molecular weight is 450 g/mol. The van der Waals surface area contributed by atoms with E-state index < -0.39 is 0 Å². The molecule has 2 aromatic rings. The summed E-state index contributed by atoms with van der Waals surface area (Å²) in [5.74, 6) is 1.23. The molecule has 1 aromatic carbocycles. The summed E-state index contributed by atoms with van der Waals surface area (Å²) in [7, 11) is 0. The molecule has 3 saturated heterocycles. The highest BCUT2D eigenvalue weighted by atomic mass is 16.3. The largest absolute Gasteiger partial charge is 0.472 e. The van der Waals surface area contributed by atoms with E-state index in [2.05, 4.69) is 15.1 Å². The van der Waals surface area contributed by atoms with Gasteiger partial charge in [0, 0.05) is 31.6 Å². The van der Waals surface area contributed by atoms with Crippen LogP contribution in [0.5, 0.6) is 0 Å². The molecule has 3 fully saturated rings. The summed E-state index contributed by atoms with van der Waals surface area (Å²) in [6.45, 7) is 3.78. The second-order valence-corrected chi connectivity index (χ2v) is 9.93. The van der Waals surface area contributed by atoms with Crippen LogP contribution in [0.4, 0.5) is 0 Å². The molecule has 176 valence electrons. The zero-order valence-electron chi connectivity index (χ0n) is 19.3. The molecule has 3 aliphatic heterocycles. The first kappa shape index (κ1) is 22.2. The van der Waals surface area contributed by atoms with Crippen LogP contribution in [0.3, 0.4) is 0 Å². The summed E-state index contributed by atoms with van der Waals surface area (Å²) in [5, 5.41) is 3.04.